The van der Waals surface area contributed by atoms with Crippen LogP contribution in [-0.2, 0) is 23.9 Å². The number of rotatable bonds is 8. The Morgan fingerprint density at radius 2 is 1.83 bits per heavy atom. The maximum Gasteiger partial charge on any atom is 0.490 e. The highest BCUT2D eigenvalue weighted by Gasteiger charge is 2.43. The van der Waals surface area contributed by atoms with Gasteiger partial charge in [0.1, 0.15) is 12.1 Å². The maximum absolute atomic E-state index is 11.5. The number of carbonyl (C=O) groups is 3. The standard InChI is InChI=1S/C15H26N2O5.C2HF3O2/c1-5-6-10-7-11(15(19)20)17-13(10)14(16-9(2)18)12(22-4)8-21-3;3-2(4,5)1(6)7/h5-6,10-14,17H,7-8H2,1-4H3,(H,16,18)(H,19,20);(H,6,7)/b6-5-;/t10-,11-,12+,13-,14+;/m1./s1. The molecular weight excluding hydrogens is 401 g/mol. The van der Waals surface area contributed by atoms with E-state index < -0.39 is 24.2 Å². The molecule has 5 atom stereocenters. The molecule has 9 nitrogen and oxygen atoms in total. The molecule has 0 aromatic heterocycles. The van der Waals surface area contributed by atoms with E-state index in [1.54, 1.807) is 14.2 Å². The molecule has 0 spiro atoms. The summed E-state index contributed by atoms with van der Waals surface area (Å²) in [7, 11) is 3.11. The van der Waals surface area contributed by atoms with E-state index in [-0.39, 0.29) is 30.0 Å². The number of nitrogens with one attached hydrogen (secondary N) is 2. The molecule has 0 bridgehead atoms. The van der Waals surface area contributed by atoms with Gasteiger partial charge in [0.25, 0.3) is 0 Å². The maximum atomic E-state index is 11.5. The highest BCUT2D eigenvalue weighted by atomic mass is 19.4. The predicted octanol–water partition coefficient (Wildman–Crippen LogP) is 0.793. The summed E-state index contributed by atoms with van der Waals surface area (Å²) in [6, 6.07) is -1.25. The Balaban J connectivity index is 0.000000956. The molecule has 0 aliphatic carbocycles. The van der Waals surface area contributed by atoms with Crippen LogP contribution in [-0.4, -0.2) is 79.3 Å². The Morgan fingerprint density at radius 3 is 2.17 bits per heavy atom. The van der Waals surface area contributed by atoms with Crippen LogP contribution in [0, 0.1) is 5.92 Å². The fourth-order valence-electron chi connectivity index (χ4n) is 2.96. The Bertz CT molecular complexity index is 584. The zero-order valence-electron chi connectivity index (χ0n) is 16.5. The van der Waals surface area contributed by atoms with Crippen LogP contribution in [0.3, 0.4) is 0 Å². The average Bonchev–Trinajstić information content (AvgIpc) is 3.02. The zero-order valence-corrected chi connectivity index (χ0v) is 16.5. The van der Waals surface area contributed by atoms with E-state index in [4.69, 9.17) is 19.4 Å². The van der Waals surface area contributed by atoms with Gasteiger partial charge < -0.3 is 25.0 Å². The first-order valence-corrected chi connectivity index (χ1v) is 8.59. The molecule has 0 radical (unpaired) electrons. The fourth-order valence-corrected chi connectivity index (χ4v) is 2.96. The number of allylic oxidation sites excluding steroid dienone is 1. The number of hydrogen-bond acceptors (Lipinski definition) is 6. The third kappa shape index (κ3) is 9.24. The second-order valence-electron chi connectivity index (χ2n) is 6.27. The zero-order chi connectivity index (χ0) is 22.8. The summed E-state index contributed by atoms with van der Waals surface area (Å²) in [4.78, 5) is 31.7. The number of methoxy groups -OCH3 is 2. The summed E-state index contributed by atoms with van der Waals surface area (Å²) in [6.45, 7) is 3.63. The normalized spacial score (nSPS) is 23.8. The van der Waals surface area contributed by atoms with E-state index in [1.807, 2.05) is 19.1 Å². The van der Waals surface area contributed by atoms with Crippen LogP contribution in [0.5, 0.6) is 0 Å². The van der Waals surface area contributed by atoms with Crippen molar-refractivity contribution in [3.05, 3.63) is 12.2 Å². The van der Waals surface area contributed by atoms with Crippen LogP contribution in [0.4, 0.5) is 13.2 Å². The Kier molecular flexibility index (Phi) is 11.5. The number of carboxylic acids is 2. The van der Waals surface area contributed by atoms with Gasteiger partial charge in [-0.05, 0) is 19.3 Å². The summed E-state index contributed by atoms with van der Waals surface area (Å²) in [5, 5.41) is 22.4. The minimum atomic E-state index is -5.08. The van der Waals surface area contributed by atoms with Crippen molar-refractivity contribution in [2.45, 2.75) is 50.7 Å². The number of ether oxygens (including phenoxy) is 2. The van der Waals surface area contributed by atoms with Gasteiger partial charge in [0.2, 0.25) is 5.91 Å². The highest BCUT2D eigenvalue weighted by molar-refractivity contribution is 5.75. The Labute approximate surface area is 166 Å². The molecule has 0 aromatic carbocycles. The van der Waals surface area contributed by atoms with E-state index in [2.05, 4.69) is 10.6 Å². The van der Waals surface area contributed by atoms with Crippen LogP contribution >= 0.6 is 0 Å². The van der Waals surface area contributed by atoms with Crippen LogP contribution in [0.15, 0.2) is 12.2 Å². The molecule has 168 valence electrons. The molecule has 1 aliphatic rings. The summed E-state index contributed by atoms with van der Waals surface area (Å²) in [5.41, 5.74) is 0. The molecular formula is C17H27F3N2O7. The molecule has 1 amide bonds. The van der Waals surface area contributed by atoms with Crippen molar-refractivity contribution in [1.29, 1.82) is 0 Å². The number of carboxylic acid groups (broad SMARTS) is 2. The highest BCUT2D eigenvalue weighted by Crippen LogP contribution is 2.26. The second kappa shape index (κ2) is 12.4. The predicted molar refractivity (Wildman–Crippen MR) is 95.2 cm³/mol. The van der Waals surface area contributed by atoms with Gasteiger partial charge in [-0.15, -0.1) is 0 Å². The van der Waals surface area contributed by atoms with E-state index in [0.29, 0.717) is 13.0 Å². The van der Waals surface area contributed by atoms with E-state index in [1.165, 1.54) is 6.92 Å². The van der Waals surface area contributed by atoms with Crippen molar-refractivity contribution in [3.8, 4) is 0 Å². The van der Waals surface area contributed by atoms with Gasteiger partial charge in [-0.1, -0.05) is 12.2 Å². The van der Waals surface area contributed by atoms with Gasteiger partial charge in [0.05, 0.1) is 12.6 Å². The Hall–Kier alpha value is -2.18. The molecule has 29 heavy (non-hydrogen) atoms. The van der Waals surface area contributed by atoms with Gasteiger partial charge in [-0.25, -0.2) is 4.79 Å². The molecule has 0 aromatic rings. The first kappa shape index (κ1) is 26.8. The second-order valence-corrected chi connectivity index (χ2v) is 6.27. The van der Waals surface area contributed by atoms with Crippen molar-refractivity contribution in [3.63, 3.8) is 0 Å². The number of carbonyl (C=O) groups excluding carboxylic acids is 1. The SMILES string of the molecule is C/C=C\[C@@H]1C[C@H](C(=O)O)N[C@H]1[C@@H](NC(C)=O)[C@H](COC)OC.O=C(O)C(F)(F)F. The van der Waals surface area contributed by atoms with Crippen molar-refractivity contribution in [1.82, 2.24) is 10.6 Å². The fraction of sp³-hybridized carbons (Fsp3) is 0.706. The lowest BCUT2D eigenvalue weighted by Gasteiger charge is -2.33. The average molecular weight is 428 g/mol. The topological polar surface area (TPSA) is 134 Å². The molecule has 4 N–H and O–H groups in total. The van der Waals surface area contributed by atoms with Gasteiger partial charge in [0, 0.05) is 27.2 Å². The minimum absolute atomic E-state index is 0.00236. The lowest BCUT2D eigenvalue weighted by molar-refractivity contribution is -0.192. The van der Waals surface area contributed by atoms with Crippen molar-refractivity contribution in [2.24, 2.45) is 5.92 Å². The van der Waals surface area contributed by atoms with Crippen LogP contribution in [0.1, 0.15) is 20.3 Å². The number of halogens is 3. The number of hydrogen-bond donors (Lipinski definition) is 4. The number of amides is 1. The summed E-state index contributed by atoms with van der Waals surface area (Å²) >= 11 is 0. The minimum Gasteiger partial charge on any atom is -0.480 e. The van der Waals surface area contributed by atoms with Gasteiger partial charge in [-0.2, -0.15) is 13.2 Å². The molecule has 1 aliphatic heterocycles. The number of aliphatic carboxylic acids is 2. The van der Waals surface area contributed by atoms with Crippen LogP contribution < -0.4 is 10.6 Å². The van der Waals surface area contributed by atoms with Crippen molar-refractivity contribution in [2.75, 3.05) is 20.8 Å². The van der Waals surface area contributed by atoms with Crippen molar-refractivity contribution >= 4 is 17.8 Å². The Morgan fingerprint density at radius 1 is 1.28 bits per heavy atom. The summed E-state index contributed by atoms with van der Waals surface area (Å²) in [5.74, 6) is -3.84. The first-order valence-electron chi connectivity index (χ1n) is 8.59. The largest absolute Gasteiger partial charge is 0.490 e. The summed E-state index contributed by atoms with van der Waals surface area (Å²) < 4.78 is 42.3. The third-order valence-electron chi connectivity index (χ3n) is 4.13. The molecule has 1 heterocycles. The van der Waals surface area contributed by atoms with Gasteiger partial charge in [-0.3, -0.25) is 14.9 Å². The molecule has 1 saturated heterocycles. The van der Waals surface area contributed by atoms with Gasteiger partial charge in [0.15, 0.2) is 0 Å². The quantitative estimate of drug-likeness (QED) is 0.417. The molecule has 0 unspecified atom stereocenters. The number of alkyl halides is 3. The smallest absolute Gasteiger partial charge is 0.480 e. The van der Waals surface area contributed by atoms with Crippen LogP contribution in [0.25, 0.3) is 0 Å². The van der Waals surface area contributed by atoms with Crippen molar-refractivity contribution < 1.29 is 47.2 Å². The molecule has 1 rings (SSSR count). The van der Waals surface area contributed by atoms with E-state index >= 15 is 0 Å². The lowest BCUT2D eigenvalue weighted by atomic mass is 9.90. The monoisotopic (exact) mass is 428 g/mol. The summed E-state index contributed by atoms with van der Waals surface area (Å²) in [6.07, 6.45) is -1.11. The van der Waals surface area contributed by atoms with Gasteiger partial charge >= 0.3 is 18.1 Å². The molecule has 0 saturated carbocycles. The van der Waals surface area contributed by atoms with Crippen LogP contribution in [0.2, 0.25) is 0 Å². The van der Waals surface area contributed by atoms with E-state index in [9.17, 15) is 27.9 Å². The van der Waals surface area contributed by atoms with E-state index in [0.717, 1.165) is 0 Å². The third-order valence-corrected chi connectivity index (χ3v) is 4.13. The molecule has 12 heteroatoms. The first-order chi connectivity index (χ1) is 13.4. The molecule has 1 fully saturated rings. The lowest BCUT2D eigenvalue weighted by Crippen LogP contribution is -2.58.